The SMILES string of the molecule is Cc1nc(Cl)c(C)c(-c2cccc3cnccc23)n1. The number of rotatable bonds is 1. The standard InChI is InChI=1S/C15H12ClN3/c1-9-14(18-10(2)19-15(9)16)13-5-3-4-11-8-17-7-6-12(11)13/h3-8H,1-2H3. The smallest absolute Gasteiger partial charge is 0.136 e. The largest absolute Gasteiger partial charge is 0.264 e. The van der Waals surface area contributed by atoms with Gasteiger partial charge in [-0.2, -0.15) is 0 Å². The van der Waals surface area contributed by atoms with Gasteiger partial charge in [0.1, 0.15) is 11.0 Å². The van der Waals surface area contributed by atoms with Gasteiger partial charge in [0.25, 0.3) is 0 Å². The van der Waals surface area contributed by atoms with Gasteiger partial charge in [0, 0.05) is 28.9 Å². The zero-order chi connectivity index (χ0) is 13.4. The topological polar surface area (TPSA) is 38.7 Å². The lowest BCUT2D eigenvalue weighted by Gasteiger charge is -2.10. The van der Waals surface area contributed by atoms with Crippen LogP contribution in [0.2, 0.25) is 5.15 Å². The van der Waals surface area contributed by atoms with Crippen molar-refractivity contribution in [2.45, 2.75) is 13.8 Å². The molecule has 0 aliphatic carbocycles. The van der Waals surface area contributed by atoms with Gasteiger partial charge >= 0.3 is 0 Å². The van der Waals surface area contributed by atoms with Crippen LogP contribution in [0.15, 0.2) is 36.7 Å². The first-order valence-electron chi connectivity index (χ1n) is 6.00. The summed E-state index contributed by atoms with van der Waals surface area (Å²) in [6.45, 7) is 3.79. The van der Waals surface area contributed by atoms with Crippen molar-refractivity contribution in [1.29, 1.82) is 0 Å². The molecule has 3 nitrogen and oxygen atoms in total. The van der Waals surface area contributed by atoms with Crippen molar-refractivity contribution in [3.63, 3.8) is 0 Å². The summed E-state index contributed by atoms with van der Waals surface area (Å²) < 4.78 is 0. The summed E-state index contributed by atoms with van der Waals surface area (Å²) >= 11 is 6.16. The molecule has 0 radical (unpaired) electrons. The Balaban J connectivity index is 2.37. The highest BCUT2D eigenvalue weighted by Crippen LogP contribution is 2.31. The molecule has 0 N–H and O–H groups in total. The zero-order valence-corrected chi connectivity index (χ0v) is 11.4. The van der Waals surface area contributed by atoms with Gasteiger partial charge in [0.05, 0.1) is 5.69 Å². The summed E-state index contributed by atoms with van der Waals surface area (Å²) in [4.78, 5) is 12.9. The number of fused-ring (bicyclic) bond motifs is 1. The number of pyridine rings is 1. The van der Waals surface area contributed by atoms with Crippen LogP contribution in [0.5, 0.6) is 0 Å². The van der Waals surface area contributed by atoms with Crippen molar-refractivity contribution in [3.05, 3.63) is 53.2 Å². The first kappa shape index (κ1) is 12.1. The van der Waals surface area contributed by atoms with Crippen LogP contribution in [0.3, 0.4) is 0 Å². The number of aromatic nitrogens is 3. The molecule has 19 heavy (non-hydrogen) atoms. The molecule has 0 aliphatic rings. The first-order valence-corrected chi connectivity index (χ1v) is 6.38. The Labute approximate surface area is 116 Å². The third kappa shape index (κ3) is 2.06. The molecule has 0 fully saturated rings. The van der Waals surface area contributed by atoms with Crippen molar-refractivity contribution >= 4 is 22.4 Å². The molecule has 1 aromatic carbocycles. The highest BCUT2D eigenvalue weighted by atomic mass is 35.5. The predicted molar refractivity (Wildman–Crippen MR) is 77.3 cm³/mol. The van der Waals surface area contributed by atoms with Gasteiger partial charge in [-0.15, -0.1) is 0 Å². The molecule has 2 heterocycles. The Morgan fingerprint density at radius 1 is 1.05 bits per heavy atom. The van der Waals surface area contributed by atoms with E-state index in [0.717, 1.165) is 27.6 Å². The van der Waals surface area contributed by atoms with Crippen LogP contribution in [-0.4, -0.2) is 15.0 Å². The van der Waals surface area contributed by atoms with E-state index in [1.165, 1.54) is 0 Å². The van der Waals surface area contributed by atoms with Crippen LogP contribution in [-0.2, 0) is 0 Å². The zero-order valence-electron chi connectivity index (χ0n) is 10.7. The minimum atomic E-state index is 0.508. The minimum Gasteiger partial charge on any atom is -0.264 e. The molecule has 0 bridgehead atoms. The Morgan fingerprint density at radius 2 is 1.89 bits per heavy atom. The number of hydrogen-bond acceptors (Lipinski definition) is 3. The normalized spacial score (nSPS) is 10.9. The lowest BCUT2D eigenvalue weighted by molar-refractivity contribution is 1.04. The van der Waals surface area contributed by atoms with E-state index in [1.54, 1.807) is 6.20 Å². The molecule has 0 spiro atoms. The highest BCUT2D eigenvalue weighted by Gasteiger charge is 2.12. The maximum absolute atomic E-state index is 6.16. The van der Waals surface area contributed by atoms with E-state index in [9.17, 15) is 0 Å². The summed E-state index contributed by atoms with van der Waals surface area (Å²) in [6.07, 6.45) is 3.64. The fraction of sp³-hybridized carbons (Fsp3) is 0.133. The maximum atomic E-state index is 6.16. The van der Waals surface area contributed by atoms with Crippen LogP contribution in [0.4, 0.5) is 0 Å². The number of nitrogens with zero attached hydrogens (tertiary/aromatic N) is 3. The van der Waals surface area contributed by atoms with Crippen molar-refractivity contribution in [3.8, 4) is 11.3 Å². The van der Waals surface area contributed by atoms with Crippen LogP contribution in [0.1, 0.15) is 11.4 Å². The van der Waals surface area contributed by atoms with Gasteiger partial charge in [-0.3, -0.25) is 4.98 Å². The van der Waals surface area contributed by atoms with Crippen molar-refractivity contribution in [2.24, 2.45) is 0 Å². The number of halogens is 1. The van der Waals surface area contributed by atoms with Gasteiger partial charge in [-0.05, 0) is 25.3 Å². The lowest BCUT2D eigenvalue weighted by Crippen LogP contribution is -1.97. The summed E-state index contributed by atoms with van der Waals surface area (Å²) in [7, 11) is 0. The summed E-state index contributed by atoms with van der Waals surface area (Å²) in [5.74, 6) is 0.677. The summed E-state index contributed by atoms with van der Waals surface area (Å²) in [5, 5.41) is 2.72. The van der Waals surface area contributed by atoms with E-state index in [4.69, 9.17) is 11.6 Å². The molecule has 3 aromatic rings. The van der Waals surface area contributed by atoms with Gasteiger partial charge in [-0.25, -0.2) is 9.97 Å². The molecule has 0 amide bonds. The average Bonchev–Trinajstić information content (AvgIpc) is 2.42. The Hall–Kier alpha value is -2.00. The minimum absolute atomic E-state index is 0.508. The van der Waals surface area contributed by atoms with E-state index < -0.39 is 0 Å². The highest BCUT2D eigenvalue weighted by molar-refractivity contribution is 6.30. The van der Waals surface area contributed by atoms with Gasteiger partial charge in [-0.1, -0.05) is 29.8 Å². The first-order chi connectivity index (χ1) is 9.16. The molecule has 94 valence electrons. The number of hydrogen-bond donors (Lipinski definition) is 0. The van der Waals surface area contributed by atoms with E-state index in [1.807, 2.05) is 44.3 Å². The Bertz CT molecular complexity index is 763. The van der Waals surface area contributed by atoms with Gasteiger partial charge in [0.2, 0.25) is 0 Å². The Morgan fingerprint density at radius 3 is 2.74 bits per heavy atom. The second kappa shape index (κ2) is 4.59. The predicted octanol–water partition coefficient (Wildman–Crippen LogP) is 3.96. The van der Waals surface area contributed by atoms with Crippen molar-refractivity contribution in [1.82, 2.24) is 15.0 Å². The Kier molecular flexibility index (Phi) is 2.91. The second-order valence-electron chi connectivity index (χ2n) is 4.44. The average molecular weight is 270 g/mol. The molecule has 2 aromatic heterocycles. The summed E-state index contributed by atoms with van der Waals surface area (Å²) in [5.41, 5.74) is 2.84. The van der Waals surface area contributed by atoms with Crippen LogP contribution in [0.25, 0.3) is 22.0 Å². The molecule has 0 atom stereocenters. The molecule has 4 heteroatoms. The number of aryl methyl sites for hydroxylation is 1. The maximum Gasteiger partial charge on any atom is 0.136 e. The molecule has 0 saturated carbocycles. The fourth-order valence-corrected chi connectivity index (χ4v) is 2.40. The molecular formula is C15H12ClN3. The molecule has 0 unspecified atom stereocenters. The fourth-order valence-electron chi connectivity index (χ4n) is 2.19. The van der Waals surface area contributed by atoms with Crippen LogP contribution in [0, 0.1) is 13.8 Å². The van der Waals surface area contributed by atoms with E-state index in [0.29, 0.717) is 11.0 Å². The number of benzene rings is 1. The summed E-state index contributed by atoms with van der Waals surface area (Å²) in [6, 6.07) is 8.09. The molecular weight excluding hydrogens is 258 g/mol. The van der Waals surface area contributed by atoms with Crippen molar-refractivity contribution in [2.75, 3.05) is 0 Å². The molecule has 0 saturated heterocycles. The monoisotopic (exact) mass is 269 g/mol. The van der Waals surface area contributed by atoms with E-state index in [-0.39, 0.29) is 0 Å². The third-order valence-electron chi connectivity index (χ3n) is 3.13. The van der Waals surface area contributed by atoms with E-state index in [2.05, 4.69) is 15.0 Å². The quantitative estimate of drug-likeness (QED) is 0.628. The van der Waals surface area contributed by atoms with E-state index >= 15 is 0 Å². The second-order valence-corrected chi connectivity index (χ2v) is 4.80. The van der Waals surface area contributed by atoms with Crippen LogP contribution < -0.4 is 0 Å². The van der Waals surface area contributed by atoms with Gasteiger partial charge in [0.15, 0.2) is 0 Å². The van der Waals surface area contributed by atoms with Crippen LogP contribution >= 0.6 is 11.6 Å². The third-order valence-corrected chi connectivity index (χ3v) is 3.50. The molecule has 0 aliphatic heterocycles. The van der Waals surface area contributed by atoms with Gasteiger partial charge < -0.3 is 0 Å². The van der Waals surface area contributed by atoms with Crippen molar-refractivity contribution < 1.29 is 0 Å². The molecule has 3 rings (SSSR count). The lowest BCUT2D eigenvalue weighted by atomic mass is 10.0.